The van der Waals surface area contributed by atoms with Crippen LogP contribution in [-0.4, -0.2) is 4.98 Å². The highest BCUT2D eigenvalue weighted by Gasteiger charge is 2.11. The van der Waals surface area contributed by atoms with Crippen LogP contribution >= 0.6 is 0 Å². The molecule has 0 aliphatic rings. The molecule has 0 unspecified atom stereocenters. The van der Waals surface area contributed by atoms with E-state index in [4.69, 9.17) is 5.73 Å². The van der Waals surface area contributed by atoms with Gasteiger partial charge in [-0.2, -0.15) is 0 Å². The largest absolute Gasteiger partial charge is 0.398 e. The molecule has 0 radical (unpaired) electrons. The van der Waals surface area contributed by atoms with Crippen LogP contribution in [0.5, 0.6) is 0 Å². The van der Waals surface area contributed by atoms with Gasteiger partial charge in [0, 0.05) is 23.0 Å². The topological polar surface area (TPSA) is 50.9 Å². The van der Waals surface area contributed by atoms with Crippen molar-refractivity contribution in [3.8, 4) is 0 Å². The highest BCUT2D eigenvalue weighted by atomic mass is 19.1. The maximum absolute atomic E-state index is 14.1. The van der Waals surface area contributed by atoms with E-state index in [1.54, 1.807) is 12.3 Å². The van der Waals surface area contributed by atoms with E-state index in [9.17, 15) is 4.39 Å². The summed E-state index contributed by atoms with van der Waals surface area (Å²) in [5.74, 6) is -0.410. The van der Waals surface area contributed by atoms with Gasteiger partial charge in [0.05, 0.1) is 5.52 Å². The van der Waals surface area contributed by atoms with E-state index in [0.29, 0.717) is 16.9 Å². The number of rotatable bonds is 2. The zero-order valence-corrected chi connectivity index (χ0v) is 10.1. The fourth-order valence-corrected chi connectivity index (χ4v) is 2.02. The number of hydrogen-bond acceptors (Lipinski definition) is 3. The second-order valence-electron chi connectivity index (χ2n) is 4.21. The average Bonchev–Trinajstić information content (AvgIpc) is 2.45. The van der Waals surface area contributed by atoms with Gasteiger partial charge in [0.2, 0.25) is 0 Å². The van der Waals surface area contributed by atoms with Gasteiger partial charge in [-0.05, 0) is 30.3 Å². The average molecular weight is 253 g/mol. The van der Waals surface area contributed by atoms with Crippen LogP contribution < -0.4 is 11.1 Å². The lowest BCUT2D eigenvalue weighted by Crippen LogP contribution is -1.99. The molecule has 4 heteroatoms. The Balaban J connectivity index is 2.18. The maximum atomic E-state index is 14.1. The molecule has 0 amide bonds. The van der Waals surface area contributed by atoms with Gasteiger partial charge in [-0.3, -0.25) is 4.98 Å². The van der Waals surface area contributed by atoms with Crippen molar-refractivity contribution in [1.29, 1.82) is 0 Å². The molecule has 0 atom stereocenters. The summed E-state index contributed by atoms with van der Waals surface area (Å²) in [6.45, 7) is 0. The molecule has 3 aromatic rings. The molecule has 1 heterocycles. The number of fused-ring (bicyclic) bond motifs is 1. The van der Waals surface area contributed by atoms with E-state index in [1.165, 1.54) is 6.07 Å². The highest BCUT2D eigenvalue weighted by Crippen LogP contribution is 2.31. The fourth-order valence-electron chi connectivity index (χ4n) is 2.02. The monoisotopic (exact) mass is 253 g/mol. The molecule has 0 bridgehead atoms. The number of pyridine rings is 1. The summed E-state index contributed by atoms with van der Waals surface area (Å²) < 4.78 is 14.1. The Morgan fingerprint density at radius 1 is 1.05 bits per heavy atom. The molecule has 0 aliphatic heterocycles. The predicted octanol–water partition coefficient (Wildman–Crippen LogP) is 3.70. The zero-order chi connectivity index (χ0) is 13.2. The third-order valence-electron chi connectivity index (χ3n) is 2.92. The minimum atomic E-state index is -0.410. The van der Waals surface area contributed by atoms with Crippen molar-refractivity contribution in [2.45, 2.75) is 0 Å². The summed E-state index contributed by atoms with van der Waals surface area (Å²) in [5.41, 5.74) is 7.88. The van der Waals surface area contributed by atoms with Crippen LogP contribution in [0.15, 0.2) is 54.7 Å². The Bertz CT molecular complexity index is 726. The summed E-state index contributed by atoms with van der Waals surface area (Å²) in [7, 11) is 0. The molecule has 94 valence electrons. The van der Waals surface area contributed by atoms with Crippen molar-refractivity contribution in [2.24, 2.45) is 0 Å². The number of nitrogens with one attached hydrogen (secondary N) is 1. The van der Waals surface area contributed by atoms with Crippen LogP contribution in [0, 0.1) is 5.82 Å². The van der Waals surface area contributed by atoms with Crippen LogP contribution in [0.2, 0.25) is 0 Å². The molecular formula is C15H12FN3. The van der Waals surface area contributed by atoms with Gasteiger partial charge >= 0.3 is 0 Å². The highest BCUT2D eigenvalue weighted by molar-refractivity contribution is 5.99. The minimum absolute atomic E-state index is 0.344. The Labute approximate surface area is 109 Å². The number of nitrogens with zero attached hydrogens (tertiary/aromatic N) is 1. The molecule has 0 saturated carbocycles. The number of nitrogen functional groups attached to an aromatic ring is 1. The lowest BCUT2D eigenvalue weighted by Gasteiger charge is -2.11. The normalized spacial score (nSPS) is 10.6. The molecule has 19 heavy (non-hydrogen) atoms. The second-order valence-corrected chi connectivity index (χ2v) is 4.21. The minimum Gasteiger partial charge on any atom is -0.398 e. The molecule has 0 saturated heterocycles. The van der Waals surface area contributed by atoms with Gasteiger partial charge in [-0.1, -0.05) is 18.2 Å². The molecule has 3 rings (SSSR count). The number of anilines is 3. The van der Waals surface area contributed by atoms with Crippen molar-refractivity contribution < 1.29 is 4.39 Å². The summed E-state index contributed by atoms with van der Waals surface area (Å²) >= 11 is 0. The Kier molecular flexibility index (Phi) is 2.76. The first-order chi connectivity index (χ1) is 9.25. The maximum Gasteiger partial charge on any atom is 0.150 e. The van der Waals surface area contributed by atoms with Crippen LogP contribution in [0.25, 0.3) is 10.9 Å². The Hall–Kier alpha value is -2.62. The van der Waals surface area contributed by atoms with E-state index in [1.807, 2.05) is 36.4 Å². The van der Waals surface area contributed by atoms with E-state index >= 15 is 0 Å². The SMILES string of the molecule is Nc1cc(F)c(Nc2ccccc2)c2ncccc12. The number of nitrogens with two attached hydrogens (primary N) is 1. The lowest BCUT2D eigenvalue weighted by molar-refractivity contribution is 0.634. The smallest absolute Gasteiger partial charge is 0.150 e. The number of halogens is 1. The van der Waals surface area contributed by atoms with Crippen LogP contribution in [-0.2, 0) is 0 Å². The van der Waals surface area contributed by atoms with Crippen molar-refractivity contribution in [2.75, 3.05) is 11.1 Å². The van der Waals surface area contributed by atoms with Gasteiger partial charge in [-0.25, -0.2) is 4.39 Å². The van der Waals surface area contributed by atoms with Crippen LogP contribution in [0.4, 0.5) is 21.5 Å². The molecule has 3 N–H and O–H groups in total. The van der Waals surface area contributed by atoms with Crippen molar-refractivity contribution >= 4 is 28.0 Å². The van der Waals surface area contributed by atoms with Crippen molar-refractivity contribution in [3.05, 3.63) is 60.5 Å². The third kappa shape index (κ3) is 2.08. The van der Waals surface area contributed by atoms with E-state index in [0.717, 1.165) is 11.1 Å². The molecule has 1 aromatic heterocycles. The quantitative estimate of drug-likeness (QED) is 0.685. The number of benzene rings is 2. The first-order valence-electron chi connectivity index (χ1n) is 5.90. The van der Waals surface area contributed by atoms with E-state index in [2.05, 4.69) is 10.3 Å². The standard InChI is InChI=1S/C15H12FN3/c16-12-9-13(17)11-7-4-8-18-14(11)15(12)19-10-5-2-1-3-6-10/h1-9,19H,17H2. The summed E-state index contributed by atoms with van der Waals surface area (Å²) in [4.78, 5) is 4.22. The first kappa shape index (κ1) is 11.5. The lowest BCUT2D eigenvalue weighted by atomic mass is 10.1. The van der Waals surface area contributed by atoms with Crippen LogP contribution in [0.1, 0.15) is 0 Å². The molecule has 0 aliphatic carbocycles. The predicted molar refractivity (Wildman–Crippen MR) is 75.8 cm³/mol. The Morgan fingerprint density at radius 3 is 2.63 bits per heavy atom. The number of aromatic nitrogens is 1. The van der Waals surface area contributed by atoms with Gasteiger partial charge in [0.1, 0.15) is 5.69 Å². The van der Waals surface area contributed by atoms with Crippen molar-refractivity contribution in [3.63, 3.8) is 0 Å². The van der Waals surface area contributed by atoms with Gasteiger partial charge < -0.3 is 11.1 Å². The first-order valence-corrected chi connectivity index (χ1v) is 5.90. The van der Waals surface area contributed by atoms with Crippen LogP contribution in [0.3, 0.4) is 0 Å². The van der Waals surface area contributed by atoms with Gasteiger partial charge in [0.15, 0.2) is 5.82 Å². The number of hydrogen-bond donors (Lipinski definition) is 2. The molecule has 2 aromatic carbocycles. The molecule has 3 nitrogen and oxygen atoms in total. The number of para-hydroxylation sites is 1. The zero-order valence-electron chi connectivity index (χ0n) is 10.1. The molecule has 0 spiro atoms. The van der Waals surface area contributed by atoms with Gasteiger partial charge in [0.25, 0.3) is 0 Å². The molecular weight excluding hydrogens is 241 g/mol. The van der Waals surface area contributed by atoms with E-state index < -0.39 is 5.82 Å². The third-order valence-corrected chi connectivity index (χ3v) is 2.92. The summed E-state index contributed by atoms with van der Waals surface area (Å²) in [5, 5.41) is 3.79. The van der Waals surface area contributed by atoms with Crippen molar-refractivity contribution in [1.82, 2.24) is 4.98 Å². The Morgan fingerprint density at radius 2 is 1.84 bits per heavy atom. The van der Waals surface area contributed by atoms with E-state index in [-0.39, 0.29) is 0 Å². The fraction of sp³-hybridized carbons (Fsp3) is 0. The van der Waals surface area contributed by atoms with Gasteiger partial charge in [-0.15, -0.1) is 0 Å². The summed E-state index contributed by atoms with van der Waals surface area (Å²) in [6.07, 6.45) is 1.62. The molecule has 0 fully saturated rings. The summed E-state index contributed by atoms with van der Waals surface area (Å²) in [6, 6.07) is 14.3. The second kappa shape index (κ2) is 4.57.